The standard InChI is InChI=1S/C15H19N3OS/c1-15(2,3)8-13(19)18-14-17-12(9-20-14)10-5-4-6-11(16)7-10/h4-7,9H,8,16H2,1-3H3,(H,17,18,19). The van der Waals surface area contributed by atoms with Gasteiger partial charge < -0.3 is 11.1 Å². The van der Waals surface area contributed by atoms with Crippen LogP contribution in [-0.2, 0) is 4.79 Å². The van der Waals surface area contributed by atoms with E-state index in [9.17, 15) is 4.79 Å². The number of nitrogens with two attached hydrogens (primary N) is 1. The maximum Gasteiger partial charge on any atom is 0.226 e. The molecule has 1 amide bonds. The first-order valence-corrected chi connectivity index (χ1v) is 7.33. The number of carbonyl (C=O) groups is 1. The number of hydrogen-bond donors (Lipinski definition) is 2. The van der Waals surface area contributed by atoms with Gasteiger partial charge in [-0.25, -0.2) is 4.98 Å². The van der Waals surface area contributed by atoms with Crippen LogP contribution < -0.4 is 11.1 Å². The van der Waals surface area contributed by atoms with Gasteiger partial charge in [-0.2, -0.15) is 0 Å². The minimum absolute atomic E-state index is 0.00836. The van der Waals surface area contributed by atoms with Crippen LogP contribution in [0.5, 0.6) is 0 Å². The van der Waals surface area contributed by atoms with E-state index in [1.807, 2.05) is 50.4 Å². The second-order valence-electron chi connectivity index (χ2n) is 5.95. The van der Waals surface area contributed by atoms with Crippen molar-refractivity contribution < 1.29 is 4.79 Å². The number of rotatable bonds is 3. The van der Waals surface area contributed by atoms with Crippen LogP contribution in [0.15, 0.2) is 29.6 Å². The summed E-state index contributed by atoms with van der Waals surface area (Å²) >= 11 is 1.42. The normalized spacial score (nSPS) is 11.3. The maximum atomic E-state index is 11.9. The molecule has 106 valence electrons. The zero-order valence-corrected chi connectivity index (χ0v) is 12.8. The van der Waals surface area contributed by atoms with Crippen molar-refractivity contribution in [1.29, 1.82) is 0 Å². The lowest BCUT2D eigenvalue weighted by molar-refractivity contribution is -0.117. The molecular formula is C15H19N3OS. The number of benzene rings is 1. The van der Waals surface area contributed by atoms with E-state index in [-0.39, 0.29) is 11.3 Å². The smallest absolute Gasteiger partial charge is 0.226 e. The Bertz CT molecular complexity index is 614. The number of carbonyl (C=O) groups excluding carboxylic acids is 1. The summed E-state index contributed by atoms with van der Waals surface area (Å²) in [5.74, 6) is -0.00836. The third-order valence-electron chi connectivity index (χ3n) is 2.62. The van der Waals surface area contributed by atoms with Crippen LogP contribution in [0.4, 0.5) is 10.8 Å². The number of nitrogens with one attached hydrogen (secondary N) is 1. The van der Waals surface area contributed by atoms with Crippen LogP contribution in [-0.4, -0.2) is 10.9 Å². The van der Waals surface area contributed by atoms with E-state index in [1.165, 1.54) is 11.3 Å². The zero-order valence-electron chi connectivity index (χ0n) is 11.9. The molecule has 4 nitrogen and oxygen atoms in total. The fourth-order valence-electron chi connectivity index (χ4n) is 1.81. The number of nitrogen functional groups attached to an aromatic ring is 1. The van der Waals surface area contributed by atoms with E-state index in [1.54, 1.807) is 0 Å². The molecular weight excluding hydrogens is 270 g/mol. The van der Waals surface area contributed by atoms with Gasteiger partial charge in [0.15, 0.2) is 5.13 Å². The molecule has 3 N–H and O–H groups in total. The highest BCUT2D eigenvalue weighted by Gasteiger charge is 2.17. The molecule has 0 unspecified atom stereocenters. The van der Waals surface area contributed by atoms with Crippen molar-refractivity contribution in [1.82, 2.24) is 4.98 Å². The summed E-state index contributed by atoms with van der Waals surface area (Å²) in [5.41, 5.74) is 8.21. The Morgan fingerprint density at radius 2 is 2.15 bits per heavy atom. The summed E-state index contributed by atoms with van der Waals surface area (Å²) in [5, 5.41) is 5.38. The zero-order chi connectivity index (χ0) is 14.8. The highest BCUT2D eigenvalue weighted by Crippen LogP contribution is 2.27. The molecule has 0 aliphatic carbocycles. The van der Waals surface area contributed by atoms with Gasteiger partial charge in [-0.05, 0) is 17.5 Å². The molecule has 0 fully saturated rings. The number of amides is 1. The van der Waals surface area contributed by atoms with E-state index < -0.39 is 0 Å². The van der Waals surface area contributed by atoms with Crippen LogP contribution in [0.2, 0.25) is 0 Å². The average molecular weight is 289 g/mol. The Kier molecular flexibility index (Phi) is 4.09. The van der Waals surface area contributed by atoms with Gasteiger partial charge in [0.25, 0.3) is 0 Å². The molecule has 1 aromatic carbocycles. The van der Waals surface area contributed by atoms with E-state index in [0.717, 1.165) is 11.3 Å². The second kappa shape index (κ2) is 5.63. The molecule has 5 heteroatoms. The van der Waals surface area contributed by atoms with Gasteiger partial charge in [-0.3, -0.25) is 4.79 Å². The van der Waals surface area contributed by atoms with Crippen LogP contribution in [0.25, 0.3) is 11.3 Å². The molecule has 2 rings (SSSR count). The monoisotopic (exact) mass is 289 g/mol. The van der Waals surface area contributed by atoms with Gasteiger partial charge >= 0.3 is 0 Å². The average Bonchev–Trinajstić information content (AvgIpc) is 2.74. The van der Waals surface area contributed by atoms with Crippen molar-refractivity contribution in [2.75, 3.05) is 11.1 Å². The molecule has 0 atom stereocenters. The quantitative estimate of drug-likeness (QED) is 0.845. The molecule has 0 saturated carbocycles. The maximum absolute atomic E-state index is 11.9. The summed E-state index contributed by atoms with van der Waals surface area (Å²) in [4.78, 5) is 16.3. The van der Waals surface area contributed by atoms with Crippen molar-refractivity contribution in [3.05, 3.63) is 29.6 Å². The Hall–Kier alpha value is -1.88. The van der Waals surface area contributed by atoms with Gasteiger partial charge in [0.1, 0.15) is 0 Å². The molecule has 0 bridgehead atoms. The molecule has 2 aromatic rings. The second-order valence-corrected chi connectivity index (χ2v) is 6.81. The molecule has 0 spiro atoms. The Morgan fingerprint density at radius 3 is 2.80 bits per heavy atom. The van der Waals surface area contributed by atoms with Crippen molar-refractivity contribution in [2.45, 2.75) is 27.2 Å². The predicted molar refractivity (Wildman–Crippen MR) is 84.7 cm³/mol. The Balaban J connectivity index is 2.08. The van der Waals surface area contributed by atoms with Gasteiger partial charge in [-0.1, -0.05) is 32.9 Å². The Morgan fingerprint density at radius 1 is 1.40 bits per heavy atom. The van der Waals surface area contributed by atoms with E-state index in [2.05, 4.69) is 10.3 Å². The molecule has 1 aromatic heterocycles. The largest absolute Gasteiger partial charge is 0.399 e. The van der Waals surface area contributed by atoms with Crippen LogP contribution in [0.1, 0.15) is 27.2 Å². The van der Waals surface area contributed by atoms with Gasteiger partial charge in [0.05, 0.1) is 5.69 Å². The first-order valence-electron chi connectivity index (χ1n) is 6.45. The summed E-state index contributed by atoms with van der Waals surface area (Å²) in [7, 11) is 0. The molecule has 0 radical (unpaired) electrons. The molecule has 20 heavy (non-hydrogen) atoms. The summed E-state index contributed by atoms with van der Waals surface area (Å²) in [6.45, 7) is 6.10. The van der Waals surface area contributed by atoms with Gasteiger partial charge in [-0.15, -0.1) is 11.3 Å². The predicted octanol–water partition coefficient (Wildman–Crippen LogP) is 3.77. The number of anilines is 2. The lowest BCUT2D eigenvalue weighted by Gasteiger charge is -2.16. The summed E-state index contributed by atoms with van der Waals surface area (Å²) in [6.07, 6.45) is 0.472. The highest BCUT2D eigenvalue weighted by atomic mass is 32.1. The lowest BCUT2D eigenvalue weighted by Crippen LogP contribution is -2.19. The Labute approximate surface area is 123 Å². The SMILES string of the molecule is CC(C)(C)CC(=O)Nc1nc(-c2cccc(N)c2)cs1. The van der Waals surface area contributed by atoms with Crippen LogP contribution >= 0.6 is 11.3 Å². The van der Waals surface area contributed by atoms with E-state index in [0.29, 0.717) is 17.2 Å². The van der Waals surface area contributed by atoms with E-state index in [4.69, 9.17) is 5.73 Å². The van der Waals surface area contributed by atoms with Crippen molar-refractivity contribution in [3.8, 4) is 11.3 Å². The molecule has 1 heterocycles. The van der Waals surface area contributed by atoms with Gasteiger partial charge in [0.2, 0.25) is 5.91 Å². The third kappa shape index (κ3) is 4.06. The molecule has 0 aliphatic heterocycles. The molecule has 0 aliphatic rings. The number of thiazole rings is 1. The third-order valence-corrected chi connectivity index (χ3v) is 3.38. The number of aromatic nitrogens is 1. The first kappa shape index (κ1) is 14.5. The minimum Gasteiger partial charge on any atom is -0.399 e. The van der Waals surface area contributed by atoms with Crippen molar-refractivity contribution in [2.24, 2.45) is 5.41 Å². The first-order chi connectivity index (χ1) is 9.33. The topological polar surface area (TPSA) is 68.0 Å². The lowest BCUT2D eigenvalue weighted by atomic mass is 9.92. The fourth-order valence-corrected chi connectivity index (χ4v) is 2.54. The minimum atomic E-state index is -0.0297. The fraction of sp³-hybridized carbons (Fsp3) is 0.333. The van der Waals surface area contributed by atoms with Crippen molar-refractivity contribution >= 4 is 28.1 Å². The summed E-state index contributed by atoms with van der Waals surface area (Å²) < 4.78 is 0. The van der Waals surface area contributed by atoms with E-state index >= 15 is 0 Å². The highest BCUT2D eigenvalue weighted by molar-refractivity contribution is 7.14. The van der Waals surface area contributed by atoms with Crippen molar-refractivity contribution in [3.63, 3.8) is 0 Å². The number of hydrogen-bond acceptors (Lipinski definition) is 4. The summed E-state index contributed by atoms with van der Waals surface area (Å²) in [6, 6.07) is 7.55. The van der Waals surface area contributed by atoms with Crippen LogP contribution in [0.3, 0.4) is 0 Å². The van der Waals surface area contributed by atoms with Gasteiger partial charge in [0, 0.05) is 23.1 Å². The number of nitrogens with zero attached hydrogens (tertiary/aromatic N) is 1. The molecule has 0 saturated heterocycles. The van der Waals surface area contributed by atoms with Crippen LogP contribution in [0, 0.1) is 5.41 Å².